The van der Waals surface area contributed by atoms with Gasteiger partial charge in [0.2, 0.25) is 0 Å². The Balaban J connectivity index is 1.78. The van der Waals surface area contributed by atoms with Gasteiger partial charge in [-0.2, -0.15) is 0 Å². The van der Waals surface area contributed by atoms with E-state index in [4.69, 9.17) is 9.47 Å². The van der Waals surface area contributed by atoms with Crippen molar-refractivity contribution in [2.75, 3.05) is 13.2 Å². The number of carbonyl (C=O) groups is 4. The number of hydrogen-bond donors (Lipinski definition) is 4. The van der Waals surface area contributed by atoms with E-state index in [1.54, 1.807) is 45.0 Å². The monoisotopic (exact) mass is 484 g/mol. The topological polar surface area (TPSA) is 135 Å². The van der Waals surface area contributed by atoms with Crippen LogP contribution in [0.3, 0.4) is 0 Å². The summed E-state index contributed by atoms with van der Waals surface area (Å²) in [6, 6.07) is 17.6. The maximum absolute atomic E-state index is 12.6. The van der Waals surface area contributed by atoms with Gasteiger partial charge in [0, 0.05) is 13.0 Å². The van der Waals surface area contributed by atoms with Crippen molar-refractivity contribution in [2.24, 2.45) is 0 Å². The molecule has 188 valence electrons. The van der Waals surface area contributed by atoms with Gasteiger partial charge in [0.15, 0.2) is 6.61 Å². The summed E-state index contributed by atoms with van der Waals surface area (Å²) in [7, 11) is 0. The number of rotatable bonds is 9. The van der Waals surface area contributed by atoms with Crippen LogP contribution in [0.1, 0.15) is 31.9 Å². The molecule has 0 radical (unpaired) electrons. The molecule has 0 saturated carbocycles. The maximum atomic E-state index is 12.6. The first-order valence-electron chi connectivity index (χ1n) is 11.2. The van der Waals surface area contributed by atoms with Crippen LogP contribution in [0.4, 0.5) is 9.59 Å². The summed E-state index contributed by atoms with van der Waals surface area (Å²) in [6.45, 7) is 4.98. The highest BCUT2D eigenvalue weighted by Crippen LogP contribution is 2.08. The van der Waals surface area contributed by atoms with Crippen LogP contribution in [0.25, 0.3) is 0 Å². The zero-order valence-electron chi connectivity index (χ0n) is 20.1. The Hall–Kier alpha value is -4.08. The Morgan fingerprint density at radius 2 is 1.43 bits per heavy atom. The van der Waals surface area contributed by atoms with Crippen molar-refractivity contribution in [1.82, 2.24) is 21.5 Å². The van der Waals surface area contributed by atoms with Gasteiger partial charge in [-0.3, -0.25) is 15.0 Å². The average Bonchev–Trinajstić information content (AvgIpc) is 2.81. The van der Waals surface area contributed by atoms with E-state index in [9.17, 15) is 19.2 Å². The van der Waals surface area contributed by atoms with Crippen LogP contribution in [-0.2, 0) is 31.9 Å². The van der Waals surface area contributed by atoms with Crippen molar-refractivity contribution in [3.05, 3.63) is 71.8 Å². The molecule has 2 aromatic rings. The fraction of sp³-hybridized carbons (Fsp3) is 0.360. The zero-order valence-corrected chi connectivity index (χ0v) is 20.1. The third-order valence-corrected chi connectivity index (χ3v) is 4.49. The average molecular weight is 485 g/mol. The van der Waals surface area contributed by atoms with E-state index in [1.807, 2.05) is 36.4 Å². The van der Waals surface area contributed by atoms with Crippen molar-refractivity contribution in [3.63, 3.8) is 0 Å². The summed E-state index contributed by atoms with van der Waals surface area (Å²) >= 11 is 0. The molecule has 0 fully saturated rings. The predicted molar refractivity (Wildman–Crippen MR) is 129 cm³/mol. The van der Waals surface area contributed by atoms with Gasteiger partial charge in [0.25, 0.3) is 11.8 Å². The molecule has 10 nitrogen and oxygen atoms in total. The van der Waals surface area contributed by atoms with Gasteiger partial charge in [0.1, 0.15) is 11.6 Å². The van der Waals surface area contributed by atoms with E-state index in [1.165, 1.54) is 0 Å². The Morgan fingerprint density at radius 3 is 2.03 bits per heavy atom. The molecular formula is C25H32N4O6. The molecule has 1 atom stereocenters. The molecule has 4 amide bonds. The van der Waals surface area contributed by atoms with E-state index < -0.39 is 42.3 Å². The molecule has 0 aliphatic carbocycles. The smallest absolute Gasteiger partial charge is 0.426 e. The van der Waals surface area contributed by atoms with Crippen LogP contribution in [-0.4, -0.2) is 48.8 Å². The van der Waals surface area contributed by atoms with E-state index in [0.717, 1.165) is 11.1 Å². The standard InChI is InChI=1S/C25H32N4O6/c1-25(2,3)35-23(32)27-20(16-19-12-8-5-9-13-19)22(31)28-29-24(33)34-17-21(30)26-15-14-18-10-6-4-7-11-18/h4-13,20H,14-17H2,1-3H3,(H,26,30)(H,27,32)(H,28,31)(H,29,33)/t20-/m0/s1. The Labute approximate surface area is 204 Å². The summed E-state index contributed by atoms with van der Waals surface area (Å²) in [4.78, 5) is 48.6. The molecular weight excluding hydrogens is 452 g/mol. The summed E-state index contributed by atoms with van der Waals surface area (Å²) in [5.41, 5.74) is 5.38. The molecule has 0 heterocycles. The van der Waals surface area contributed by atoms with Gasteiger partial charge < -0.3 is 20.1 Å². The van der Waals surface area contributed by atoms with Gasteiger partial charge >= 0.3 is 12.2 Å². The number of hydrogen-bond acceptors (Lipinski definition) is 6. The molecule has 4 N–H and O–H groups in total. The summed E-state index contributed by atoms with van der Waals surface area (Å²) in [5.74, 6) is -1.17. The molecule has 0 aliphatic rings. The fourth-order valence-corrected chi connectivity index (χ4v) is 2.92. The molecule has 0 aliphatic heterocycles. The van der Waals surface area contributed by atoms with Crippen LogP contribution in [0.5, 0.6) is 0 Å². The minimum absolute atomic E-state index is 0.159. The van der Waals surface area contributed by atoms with Crippen molar-refractivity contribution in [3.8, 4) is 0 Å². The van der Waals surface area contributed by atoms with Crippen molar-refractivity contribution < 1.29 is 28.7 Å². The van der Waals surface area contributed by atoms with E-state index in [2.05, 4.69) is 21.5 Å². The molecule has 35 heavy (non-hydrogen) atoms. The minimum Gasteiger partial charge on any atom is -0.444 e. The predicted octanol–water partition coefficient (Wildman–Crippen LogP) is 2.24. The Kier molecular flexibility index (Phi) is 10.5. The van der Waals surface area contributed by atoms with Gasteiger partial charge in [-0.05, 0) is 38.3 Å². The van der Waals surface area contributed by atoms with Crippen LogP contribution in [0.15, 0.2) is 60.7 Å². The molecule has 0 spiro atoms. The van der Waals surface area contributed by atoms with E-state index in [0.29, 0.717) is 13.0 Å². The summed E-state index contributed by atoms with van der Waals surface area (Å²) in [5, 5.41) is 5.15. The normalized spacial score (nSPS) is 11.5. The zero-order chi connectivity index (χ0) is 25.7. The molecule has 0 bridgehead atoms. The van der Waals surface area contributed by atoms with Crippen LogP contribution >= 0.6 is 0 Å². The quantitative estimate of drug-likeness (QED) is 0.403. The van der Waals surface area contributed by atoms with E-state index in [-0.39, 0.29) is 6.42 Å². The summed E-state index contributed by atoms with van der Waals surface area (Å²) < 4.78 is 10.0. The highest BCUT2D eigenvalue weighted by Gasteiger charge is 2.25. The lowest BCUT2D eigenvalue weighted by Crippen LogP contribution is -2.54. The van der Waals surface area contributed by atoms with Crippen LogP contribution in [0.2, 0.25) is 0 Å². The lowest BCUT2D eigenvalue weighted by molar-refractivity contribution is -0.124. The van der Waals surface area contributed by atoms with Crippen LogP contribution in [0, 0.1) is 0 Å². The second-order valence-electron chi connectivity index (χ2n) is 8.66. The molecule has 2 aromatic carbocycles. The number of ether oxygens (including phenoxy) is 2. The first-order chi connectivity index (χ1) is 16.6. The number of nitrogens with one attached hydrogen (secondary N) is 4. The molecule has 0 saturated heterocycles. The minimum atomic E-state index is -1.03. The van der Waals surface area contributed by atoms with Crippen molar-refractivity contribution in [1.29, 1.82) is 0 Å². The second kappa shape index (κ2) is 13.6. The largest absolute Gasteiger partial charge is 0.444 e. The third kappa shape index (κ3) is 11.6. The number of hydrazine groups is 1. The third-order valence-electron chi connectivity index (χ3n) is 4.49. The maximum Gasteiger partial charge on any atom is 0.426 e. The SMILES string of the molecule is CC(C)(C)OC(=O)N[C@@H](Cc1ccccc1)C(=O)NNC(=O)OCC(=O)NCCc1ccccc1. The van der Waals surface area contributed by atoms with Gasteiger partial charge in [-0.1, -0.05) is 60.7 Å². The van der Waals surface area contributed by atoms with Gasteiger partial charge in [-0.15, -0.1) is 0 Å². The fourth-order valence-electron chi connectivity index (χ4n) is 2.92. The molecule has 2 rings (SSSR count). The number of carbonyl (C=O) groups excluding carboxylic acids is 4. The van der Waals surface area contributed by atoms with Crippen LogP contribution < -0.4 is 21.5 Å². The lowest BCUT2D eigenvalue weighted by Gasteiger charge is -2.23. The Morgan fingerprint density at radius 1 is 0.829 bits per heavy atom. The summed E-state index contributed by atoms with van der Waals surface area (Å²) in [6.07, 6.45) is -0.995. The molecule has 0 unspecified atom stereocenters. The second-order valence-corrected chi connectivity index (χ2v) is 8.66. The highest BCUT2D eigenvalue weighted by molar-refractivity contribution is 5.87. The molecule has 0 aromatic heterocycles. The van der Waals surface area contributed by atoms with Gasteiger partial charge in [-0.25, -0.2) is 15.0 Å². The number of amides is 4. The van der Waals surface area contributed by atoms with Crippen molar-refractivity contribution in [2.45, 2.75) is 45.3 Å². The first-order valence-corrected chi connectivity index (χ1v) is 11.2. The van der Waals surface area contributed by atoms with E-state index >= 15 is 0 Å². The molecule has 10 heteroatoms. The van der Waals surface area contributed by atoms with Gasteiger partial charge in [0.05, 0.1) is 0 Å². The lowest BCUT2D eigenvalue weighted by atomic mass is 10.1. The highest BCUT2D eigenvalue weighted by atomic mass is 16.6. The number of benzene rings is 2. The Bertz CT molecular complexity index is 976. The first kappa shape index (κ1) is 27.2. The van der Waals surface area contributed by atoms with Crippen molar-refractivity contribution >= 4 is 24.0 Å². The number of alkyl carbamates (subject to hydrolysis) is 1.